The molecule has 0 bridgehead atoms. The molecule has 1 saturated heterocycles. The number of benzene rings is 1. The second kappa shape index (κ2) is 8.11. The van der Waals surface area contributed by atoms with Crippen LogP contribution < -0.4 is 5.73 Å². The van der Waals surface area contributed by atoms with Crippen LogP contribution in [0.4, 0.5) is 0 Å². The number of amides is 1. The zero-order chi connectivity index (χ0) is 14.1. The van der Waals surface area contributed by atoms with E-state index in [9.17, 15) is 4.79 Å². The molecule has 2 aromatic rings. The first kappa shape index (κ1) is 19.2. The van der Waals surface area contributed by atoms with Crippen LogP contribution in [-0.4, -0.2) is 34.9 Å². The summed E-state index contributed by atoms with van der Waals surface area (Å²) in [6.07, 6.45) is 2.07. The van der Waals surface area contributed by atoms with Crippen LogP contribution >= 0.6 is 36.2 Å². The SMILES string of the molecule is CC1CCN(C(=O)c2ccc3ncsc3c2)C(CN)C1.Cl.Cl. The minimum Gasteiger partial charge on any atom is -0.334 e. The fourth-order valence-electron chi connectivity index (χ4n) is 2.90. The van der Waals surface area contributed by atoms with Gasteiger partial charge in [-0.1, -0.05) is 6.92 Å². The highest BCUT2D eigenvalue weighted by Crippen LogP contribution is 2.25. The van der Waals surface area contributed by atoms with E-state index in [0.29, 0.717) is 12.5 Å². The zero-order valence-electron chi connectivity index (χ0n) is 12.4. The molecule has 1 aliphatic rings. The molecule has 122 valence electrons. The molecule has 0 aliphatic carbocycles. The molecule has 1 fully saturated rings. The number of nitrogens with zero attached hydrogens (tertiary/aromatic N) is 2. The van der Waals surface area contributed by atoms with Gasteiger partial charge in [0.2, 0.25) is 0 Å². The van der Waals surface area contributed by atoms with Gasteiger partial charge >= 0.3 is 0 Å². The molecule has 7 heteroatoms. The summed E-state index contributed by atoms with van der Waals surface area (Å²) in [7, 11) is 0. The van der Waals surface area contributed by atoms with E-state index in [-0.39, 0.29) is 36.8 Å². The molecule has 4 nitrogen and oxygen atoms in total. The molecule has 2 heterocycles. The van der Waals surface area contributed by atoms with E-state index in [2.05, 4.69) is 11.9 Å². The van der Waals surface area contributed by atoms with E-state index in [1.54, 1.807) is 11.3 Å². The predicted molar refractivity (Wildman–Crippen MR) is 96.4 cm³/mol. The zero-order valence-corrected chi connectivity index (χ0v) is 14.8. The number of carbonyl (C=O) groups is 1. The predicted octanol–water partition coefficient (Wildman–Crippen LogP) is 3.34. The van der Waals surface area contributed by atoms with Crippen molar-refractivity contribution in [2.45, 2.75) is 25.8 Å². The lowest BCUT2D eigenvalue weighted by atomic mass is 9.92. The van der Waals surface area contributed by atoms with Crippen LogP contribution in [0.25, 0.3) is 10.2 Å². The first-order chi connectivity index (χ1) is 9.69. The average molecular weight is 362 g/mol. The van der Waals surface area contributed by atoms with Crippen molar-refractivity contribution in [2.24, 2.45) is 11.7 Å². The Balaban J connectivity index is 0.00000121. The summed E-state index contributed by atoms with van der Waals surface area (Å²) in [5.41, 5.74) is 9.35. The monoisotopic (exact) mass is 361 g/mol. The molecule has 2 unspecified atom stereocenters. The number of rotatable bonds is 2. The molecule has 0 spiro atoms. The van der Waals surface area contributed by atoms with E-state index in [1.807, 2.05) is 28.6 Å². The maximum atomic E-state index is 12.7. The Morgan fingerprint density at radius 2 is 2.23 bits per heavy atom. The molecule has 3 rings (SSSR count). The number of likely N-dealkylation sites (tertiary alicyclic amines) is 1. The summed E-state index contributed by atoms with van der Waals surface area (Å²) in [5.74, 6) is 0.749. The molecule has 2 N–H and O–H groups in total. The van der Waals surface area contributed by atoms with Crippen LogP contribution in [0.1, 0.15) is 30.1 Å². The second-order valence-corrected chi connectivity index (χ2v) is 6.44. The Bertz CT molecular complexity index is 634. The van der Waals surface area contributed by atoms with E-state index < -0.39 is 0 Å². The molecule has 1 aromatic carbocycles. The van der Waals surface area contributed by atoms with Crippen LogP contribution in [0.15, 0.2) is 23.7 Å². The number of hydrogen-bond donors (Lipinski definition) is 1. The molecule has 22 heavy (non-hydrogen) atoms. The summed E-state index contributed by atoms with van der Waals surface area (Å²) >= 11 is 1.57. The van der Waals surface area contributed by atoms with Crippen molar-refractivity contribution in [1.29, 1.82) is 0 Å². The Morgan fingerprint density at radius 1 is 1.45 bits per heavy atom. The minimum atomic E-state index is 0. The smallest absolute Gasteiger partial charge is 0.254 e. The first-order valence-electron chi connectivity index (χ1n) is 7.03. The number of hydrogen-bond acceptors (Lipinski definition) is 4. The van der Waals surface area contributed by atoms with Crippen molar-refractivity contribution in [3.8, 4) is 0 Å². The van der Waals surface area contributed by atoms with Gasteiger partial charge in [0.1, 0.15) is 0 Å². The summed E-state index contributed by atoms with van der Waals surface area (Å²) in [6, 6.07) is 5.91. The van der Waals surface area contributed by atoms with Crippen molar-refractivity contribution in [3.63, 3.8) is 0 Å². The lowest BCUT2D eigenvalue weighted by Gasteiger charge is -2.38. The number of piperidine rings is 1. The Hall–Kier alpha value is -0.880. The number of thiazole rings is 1. The van der Waals surface area contributed by atoms with Gasteiger partial charge in [-0.25, -0.2) is 4.98 Å². The lowest BCUT2D eigenvalue weighted by molar-refractivity contribution is 0.0574. The average Bonchev–Trinajstić information content (AvgIpc) is 2.93. The quantitative estimate of drug-likeness (QED) is 0.891. The molecular formula is C15H21Cl2N3OS. The standard InChI is InChI=1S/C15H19N3OS.2ClH/c1-10-4-5-18(12(6-10)8-16)15(19)11-2-3-13-14(7-11)20-9-17-13;;/h2-3,7,9-10,12H,4-6,8,16H2,1H3;2*1H. The third-order valence-electron chi connectivity index (χ3n) is 4.09. The molecule has 1 aliphatic heterocycles. The fraction of sp³-hybridized carbons (Fsp3) is 0.467. The lowest BCUT2D eigenvalue weighted by Crippen LogP contribution is -2.49. The number of halogens is 2. The van der Waals surface area contributed by atoms with Crippen LogP contribution in [0.5, 0.6) is 0 Å². The molecule has 0 radical (unpaired) electrons. The molecule has 0 saturated carbocycles. The van der Waals surface area contributed by atoms with Crippen LogP contribution in [0.2, 0.25) is 0 Å². The third kappa shape index (κ3) is 3.71. The van der Waals surface area contributed by atoms with Gasteiger partial charge in [-0.15, -0.1) is 36.2 Å². The van der Waals surface area contributed by atoms with Crippen molar-refractivity contribution in [2.75, 3.05) is 13.1 Å². The Morgan fingerprint density at radius 3 is 2.95 bits per heavy atom. The van der Waals surface area contributed by atoms with Crippen molar-refractivity contribution in [3.05, 3.63) is 29.3 Å². The van der Waals surface area contributed by atoms with Crippen LogP contribution in [-0.2, 0) is 0 Å². The number of nitrogens with two attached hydrogens (primary N) is 1. The van der Waals surface area contributed by atoms with Gasteiger partial charge in [-0.05, 0) is 37.0 Å². The van der Waals surface area contributed by atoms with Gasteiger partial charge in [0.05, 0.1) is 15.7 Å². The van der Waals surface area contributed by atoms with E-state index in [1.165, 1.54) is 0 Å². The summed E-state index contributed by atoms with van der Waals surface area (Å²) < 4.78 is 1.06. The molecule has 1 aromatic heterocycles. The number of carbonyl (C=O) groups excluding carboxylic acids is 1. The molecule has 1 amide bonds. The van der Waals surface area contributed by atoms with Gasteiger partial charge in [0.25, 0.3) is 5.91 Å². The largest absolute Gasteiger partial charge is 0.334 e. The summed E-state index contributed by atoms with van der Waals surface area (Å²) in [6.45, 7) is 3.58. The van der Waals surface area contributed by atoms with Gasteiger partial charge in [0, 0.05) is 24.7 Å². The Kier molecular flexibility index (Phi) is 7.06. The third-order valence-corrected chi connectivity index (χ3v) is 4.88. The van der Waals surface area contributed by atoms with E-state index in [4.69, 9.17) is 5.73 Å². The van der Waals surface area contributed by atoms with E-state index >= 15 is 0 Å². The van der Waals surface area contributed by atoms with Crippen LogP contribution in [0.3, 0.4) is 0 Å². The number of aromatic nitrogens is 1. The normalized spacial score (nSPS) is 21.1. The van der Waals surface area contributed by atoms with Crippen molar-refractivity contribution < 1.29 is 4.79 Å². The Labute approximate surface area is 146 Å². The molecular weight excluding hydrogens is 341 g/mol. The maximum Gasteiger partial charge on any atom is 0.254 e. The minimum absolute atomic E-state index is 0. The summed E-state index contributed by atoms with van der Waals surface area (Å²) in [4.78, 5) is 18.9. The fourth-order valence-corrected chi connectivity index (χ4v) is 3.61. The topological polar surface area (TPSA) is 59.2 Å². The molecule has 2 atom stereocenters. The van der Waals surface area contributed by atoms with E-state index in [0.717, 1.165) is 35.2 Å². The highest BCUT2D eigenvalue weighted by molar-refractivity contribution is 7.16. The van der Waals surface area contributed by atoms with Gasteiger partial charge < -0.3 is 10.6 Å². The highest BCUT2D eigenvalue weighted by atomic mass is 35.5. The number of fused-ring (bicyclic) bond motifs is 1. The van der Waals surface area contributed by atoms with Gasteiger partial charge in [0.15, 0.2) is 0 Å². The second-order valence-electron chi connectivity index (χ2n) is 5.55. The summed E-state index contributed by atoms with van der Waals surface area (Å²) in [5, 5.41) is 0. The highest BCUT2D eigenvalue weighted by Gasteiger charge is 2.29. The van der Waals surface area contributed by atoms with Gasteiger partial charge in [-0.3, -0.25) is 4.79 Å². The first-order valence-corrected chi connectivity index (χ1v) is 7.91. The van der Waals surface area contributed by atoms with Gasteiger partial charge in [-0.2, -0.15) is 0 Å². The van der Waals surface area contributed by atoms with Crippen molar-refractivity contribution in [1.82, 2.24) is 9.88 Å². The maximum absolute atomic E-state index is 12.7. The van der Waals surface area contributed by atoms with Crippen molar-refractivity contribution >= 4 is 52.3 Å². The van der Waals surface area contributed by atoms with Crippen LogP contribution in [0, 0.1) is 5.92 Å².